The Hall–Kier alpha value is -0.0800. The van der Waals surface area contributed by atoms with Crippen LogP contribution in [0.25, 0.3) is 0 Å². The Morgan fingerprint density at radius 3 is 2.18 bits per heavy atom. The van der Waals surface area contributed by atoms with Crippen LogP contribution in [0.2, 0.25) is 0 Å². The van der Waals surface area contributed by atoms with Crippen molar-refractivity contribution >= 4 is 0 Å². The third-order valence-corrected chi connectivity index (χ3v) is 1.74. The van der Waals surface area contributed by atoms with E-state index in [0.717, 1.165) is 25.9 Å². The third-order valence-electron chi connectivity index (χ3n) is 1.74. The summed E-state index contributed by atoms with van der Waals surface area (Å²) in [5.74, 6) is 0. The van der Waals surface area contributed by atoms with E-state index in [0.29, 0.717) is 6.10 Å². The van der Waals surface area contributed by atoms with Gasteiger partial charge in [0, 0.05) is 13.1 Å². The van der Waals surface area contributed by atoms with E-state index in [9.17, 15) is 0 Å². The highest BCUT2D eigenvalue weighted by Crippen LogP contribution is 2.16. The summed E-state index contributed by atoms with van der Waals surface area (Å²) in [6.45, 7) is 8.30. The van der Waals surface area contributed by atoms with Gasteiger partial charge in [-0.15, -0.1) is 0 Å². The van der Waals surface area contributed by atoms with E-state index >= 15 is 0 Å². The predicted octanol–water partition coefficient (Wildman–Crippen LogP) is 1.57. The number of hydrogen-bond acceptors (Lipinski definition) is 1. The minimum atomic E-state index is 0.0159. The lowest BCUT2D eigenvalue weighted by Gasteiger charge is -2.29. The molecule has 1 aliphatic rings. The van der Waals surface area contributed by atoms with Crippen molar-refractivity contribution in [3.8, 4) is 0 Å². The minimum absolute atomic E-state index is 0.0159. The van der Waals surface area contributed by atoms with Crippen molar-refractivity contribution in [2.45, 2.75) is 45.3 Å². The summed E-state index contributed by atoms with van der Waals surface area (Å²) in [5, 5.41) is 4.28. The largest absolute Gasteiger partial charge is 0.373 e. The Labute approximate surface area is 69.3 Å². The summed E-state index contributed by atoms with van der Waals surface area (Å²) in [7, 11) is 0. The predicted molar refractivity (Wildman–Crippen MR) is 45.7 cm³/mol. The molecule has 1 rings (SSSR count). The SMILES string of the molecule is CC(C)(C)OC1CC[N]CC1. The maximum Gasteiger partial charge on any atom is 0.0607 e. The molecule has 1 radical (unpaired) electrons. The van der Waals surface area contributed by atoms with Crippen LogP contribution in [-0.4, -0.2) is 24.8 Å². The van der Waals surface area contributed by atoms with Gasteiger partial charge in [-0.3, -0.25) is 0 Å². The van der Waals surface area contributed by atoms with Gasteiger partial charge in [-0.05, 0) is 33.6 Å². The lowest BCUT2D eigenvalue weighted by Crippen LogP contribution is -2.34. The highest BCUT2D eigenvalue weighted by Gasteiger charge is 2.20. The molecule has 2 nitrogen and oxygen atoms in total. The summed E-state index contributed by atoms with van der Waals surface area (Å²) < 4.78 is 5.82. The van der Waals surface area contributed by atoms with Crippen molar-refractivity contribution in [1.82, 2.24) is 5.32 Å². The summed E-state index contributed by atoms with van der Waals surface area (Å²) in [5.41, 5.74) is 0.0159. The molecule has 0 bridgehead atoms. The van der Waals surface area contributed by atoms with Gasteiger partial charge in [0.25, 0.3) is 0 Å². The van der Waals surface area contributed by atoms with Crippen LogP contribution in [-0.2, 0) is 4.74 Å². The summed E-state index contributed by atoms with van der Waals surface area (Å²) >= 11 is 0. The van der Waals surface area contributed by atoms with Crippen LogP contribution in [0.15, 0.2) is 0 Å². The first-order valence-corrected chi connectivity index (χ1v) is 4.39. The molecular formula is C9H18NO. The second-order valence-electron chi connectivity index (χ2n) is 4.10. The molecule has 0 aromatic rings. The van der Waals surface area contributed by atoms with Crippen LogP contribution in [0.3, 0.4) is 0 Å². The molecule has 0 aromatic heterocycles. The van der Waals surface area contributed by atoms with E-state index in [1.165, 1.54) is 0 Å². The second kappa shape index (κ2) is 3.55. The zero-order valence-corrected chi connectivity index (χ0v) is 7.76. The average Bonchev–Trinajstić information content (AvgIpc) is 1.85. The fourth-order valence-electron chi connectivity index (χ4n) is 1.34. The van der Waals surface area contributed by atoms with E-state index < -0.39 is 0 Å². The van der Waals surface area contributed by atoms with E-state index in [-0.39, 0.29) is 5.60 Å². The summed E-state index contributed by atoms with van der Waals surface area (Å²) in [6, 6.07) is 0. The van der Waals surface area contributed by atoms with E-state index in [1.807, 2.05) is 0 Å². The molecule has 0 atom stereocenters. The molecule has 0 spiro atoms. The molecule has 65 valence electrons. The van der Waals surface area contributed by atoms with E-state index in [2.05, 4.69) is 26.1 Å². The number of rotatable bonds is 1. The third kappa shape index (κ3) is 3.73. The first-order chi connectivity index (χ1) is 5.08. The monoisotopic (exact) mass is 156 g/mol. The van der Waals surface area contributed by atoms with Gasteiger partial charge < -0.3 is 4.74 Å². The van der Waals surface area contributed by atoms with Crippen molar-refractivity contribution < 1.29 is 4.74 Å². The molecule has 0 aromatic carbocycles. The Bertz CT molecular complexity index is 111. The molecule has 0 amide bonds. The fraction of sp³-hybridized carbons (Fsp3) is 1.00. The van der Waals surface area contributed by atoms with Gasteiger partial charge in [0.1, 0.15) is 0 Å². The van der Waals surface area contributed by atoms with E-state index in [4.69, 9.17) is 4.74 Å². The molecule has 2 heteroatoms. The highest BCUT2D eigenvalue weighted by molar-refractivity contribution is 4.71. The first kappa shape index (κ1) is 9.01. The fourth-order valence-corrected chi connectivity index (χ4v) is 1.34. The highest BCUT2D eigenvalue weighted by atomic mass is 16.5. The Balaban J connectivity index is 2.24. The number of nitrogens with zero attached hydrogens (tertiary/aromatic N) is 1. The smallest absolute Gasteiger partial charge is 0.0607 e. The van der Waals surface area contributed by atoms with Gasteiger partial charge in [-0.2, -0.15) is 0 Å². The van der Waals surface area contributed by atoms with Crippen LogP contribution < -0.4 is 5.32 Å². The van der Waals surface area contributed by atoms with E-state index in [1.54, 1.807) is 0 Å². The molecule has 0 unspecified atom stereocenters. The number of piperidine rings is 1. The molecule has 1 aliphatic heterocycles. The number of ether oxygens (including phenoxy) is 1. The molecule has 1 saturated heterocycles. The molecular weight excluding hydrogens is 138 g/mol. The molecule has 0 N–H and O–H groups in total. The lowest BCUT2D eigenvalue weighted by molar-refractivity contribution is -0.0707. The Morgan fingerprint density at radius 2 is 1.73 bits per heavy atom. The summed E-state index contributed by atoms with van der Waals surface area (Å²) in [4.78, 5) is 0. The molecule has 1 heterocycles. The Kier molecular flexibility index (Phi) is 2.90. The van der Waals surface area contributed by atoms with Crippen molar-refractivity contribution in [3.05, 3.63) is 0 Å². The molecule has 0 aliphatic carbocycles. The van der Waals surface area contributed by atoms with Crippen LogP contribution in [0.5, 0.6) is 0 Å². The Morgan fingerprint density at radius 1 is 1.18 bits per heavy atom. The van der Waals surface area contributed by atoms with Crippen molar-refractivity contribution in [3.63, 3.8) is 0 Å². The quantitative estimate of drug-likeness (QED) is 0.565. The standard InChI is InChI=1S/C9H18NO/c1-9(2,3)11-8-4-6-10-7-5-8/h8H,4-7H2,1-3H3. The van der Waals surface area contributed by atoms with Gasteiger partial charge in [-0.25, -0.2) is 5.32 Å². The van der Waals surface area contributed by atoms with Crippen molar-refractivity contribution in [1.29, 1.82) is 0 Å². The van der Waals surface area contributed by atoms with Gasteiger partial charge in [0.2, 0.25) is 0 Å². The van der Waals surface area contributed by atoms with Gasteiger partial charge in [0.05, 0.1) is 11.7 Å². The van der Waals surface area contributed by atoms with Crippen molar-refractivity contribution in [2.24, 2.45) is 0 Å². The summed E-state index contributed by atoms with van der Waals surface area (Å²) in [6.07, 6.45) is 2.67. The number of hydrogen-bond donors (Lipinski definition) is 0. The molecule has 11 heavy (non-hydrogen) atoms. The lowest BCUT2D eigenvalue weighted by atomic mass is 10.1. The van der Waals surface area contributed by atoms with Crippen LogP contribution in [0, 0.1) is 0 Å². The zero-order valence-electron chi connectivity index (χ0n) is 7.76. The van der Waals surface area contributed by atoms with Gasteiger partial charge in [0.15, 0.2) is 0 Å². The minimum Gasteiger partial charge on any atom is -0.373 e. The average molecular weight is 156 g/mol. The van der Waals surface area contributed by atoms with Crippen LogP contribution >= 0.6 is 0 Å². The van der Waals surface area contributed by atoms with Crippen molar-refractivity contribution in [2.75, 3.05) is 13.1 Å². The molecule has 1 fully saturated rings. The maximum absolute atomic E-state index is 5.82. The zero-order chi connectivity index (χ0) is 8.32. The maximum atomic E-state index is 5.82. The van der Waals surface area contributed by atoms with Gasteiger partial charge >= 0.3 is 0 Å². The topological polar surface area (TPSA) is 23.3 Å². The van der Waals surface area contributed by atoms with Crippen LogP contribution in [0.1, 0.15) is 33.6 Å². The molecule has 0 saturated carbocycles. The second-order valence-corrected chi connectivity index (χ2v) is 4.10. The van der Waals surface area contributed by atoms with Crippen LogP contribution in [0.4, 0.5) is 0 Å². The normalized spacial score (nSPS) is 22.1. The first-order valence-electron chi connectivity index (χ1n) is 4.39. The van der Waals surface area contributed by atoms with Gasteiger partial charge in [-0.1, -0.05) is 0 Å².